The van der Waals surface area contributed by atoms with E-state index in [1.165, 1.54) is 12.0 Å². The Balaban J connectivity index is 1.75. The first-order valence-electron chi connectivity index (χ1n) is 7.09. The smallest absolute Gasteiger partial charge is 0.337 e. The first-order valence-corrected chi connectivity index (χ1v) is 7.09. The van der Waals surface area contributed by atoms with Gasteiger partial charge in [-0.15, -0.1) is 0 Å². The summed E-state index contributed by atoms with van der Waals surface area (Å²) in [6.07, 6.45) is -0.515. The molecule has 0 saturated carbocycles. The minimum atomic E-state index is -0.515. The van der Waals surface area contributed by atoms with E-state index in [1.54, 1.807) is 24.3 Å². The van der Waals surface area contributed by atoms with Crippen molar-refractivity contribution in [3.05, 3.63) is 29.8 Å². The predicted molar refractivity (Wildman–Crippen MR) is 75.7 cm³/mol. The molecule has 2 N–H and O–H groups in total. The highest BCUT2D eigenvalue weighted by Gasteiger charge is 2.18. The number of hydrogen-bond acceptors (Lipinski definition) is 5. The van der Waals surface area contributed by atoms with Crippen molar-refractivity contribution in [1.82, 2.24) is 0 Å². The number of aliphatic hydroxyl groups excluding tert-OH is 1. The van der Waals surface area contributed by atoms with E-state index in [9.17, 15) is 9.90 Å². The van der Waals surface area contributed by atoms with Crippen LogP contribution in [0.4, 0.5) is 0 Å². The molecule has 0 bridgehead atoms. The maximum atomic E-state index is 11.3. The molecular formula is C15H22NO5+. The van der Waals surface area contributed by atoms with Gasteiger partial charge >= 0.3 is 5.97 Å². The standard InChI is InChI=1S/C15H21NO5/c1-19-15(18)12-2-4-14(5-3-12)21-11-13(17)10-16-6-8-20-9-7-16/h2-5,13,17H,6-11H2,1H3/p+1. The van der Waals surface area contributed by atoms with Crippen LogP contribution in [0.1, 0.15) is 10.4 Å². The van der Waals surface area contributed by atoms with E-state index in [0.717, 1.165) is 26.3 Å². The monoisotopic (exact) mass is 296 g/mol. The molecular weight excluding hydrogens is 274 g/mol. The minimum Gasteiger partial charge on any atom is -0.491 e. The largest absolute Gasteiger partial charge is 0.491 e. The molecule has 1 atom stereocenters. The number of nitrogens with one attached hydrogen (secondary N) is 1. The van der Waals surface area contributed by atoms with Gasteiger partial charge in [0.15, 0.2) is 0 Å². The van der Waals surface area contributed by atoms with Gasteiger partial charge in [-0.2, -0.15) is 0 Å². The Morgan fingerprint density at radius 2 is 2.00 bits per heavy atom. The highest BCUT2D eigenvalue weighted by Crippen LogP contribution is 2.13. The molecule has 1 saturated heterocycles. The van der Waals surface area contributed by atoms with E-state index in [4.69, 9.17) is 9.47 Å². The van der Waals surface area contributed by atoms with Crippen LogP contribution in [0.3, 0.4) is 0 Å². The molecule has 1 heterocycles. The highest BCUT2D eigenvalue weighted by atomic mass is 16.5. The molecule has 6 heteroatoms. The third kappa shape index (κ3) is 5.00. The summed E-state index contributed by atoms with van der Waals surface area (Å²) >= 11 is 0. The van der Waals surface area contributed by atoms with Crippen LogP contribution < -0.4 is 9.64 Å². The van der Waals surface area contributed by atoms with E-state index in [0.29, 0.717) is 17.9 Å². The average molecular weight is 296 g/mol. The van der Waals surface area contributed by atoms with E-state index < -0.39 is 6.10 Å². The van der Waals surface area contributed by atoms with Crippen LogP contribution in [0.2, 0.25) is 0 Å². The second-order valence-electron chi connectivity index (χ2n) is 5.05. The van der Waals surface area contributed by atoms with Gasteiger partial charge in [-0.3, -0.25) is 0 Å². The zero-order valence-corrected chi connectivity index (χ0v) is 12.2. The molecule has 1 aromatic rings. The van der Waals surface area contributed by atoms with Crippen molar-refractivity contribution in [1.29, 1.82) is 0 Å². The van der Waals surface area contributed by atoms with Gasteiger partial charge in [0.2, 0.25) is 0 Å². The molecule has 0 spiro atoms. The van der Waals surface area contributed by atoms with Gasteiger partial charge in [0.1, 0.15) is 38.1 Å². The number of benzene rings is 1. The number of aliphatic hydroxyl groups is 1. The van der Waals surface area contributed by atoms with E-state index in [2.05, 4.69) is 4.74 Å². The second-order valence-corrected chi connectivity index (χ2v) is 5.05. The van der Waals surface area contributed by atoms with Crippen LogP contribution in [0.25, 0.3) is 0 Å². The van der Waals surface area contributed by atoms with Gasteiger partial charge in [0.25, 0.3) is 0 Å². The Hall–Kier alpha value is -1.63. The van der Waals surface area contributed by atoms with Gasteiger partial charge in [0.05, 0.1) is 25.9 Å². The number of methoxy groups -OCH3 is 1. The Labute approximate surface area is 124 Å². The van der Waals surface area contributed by atoms with Crippen LogP contribution in [0.15, 0.2) is 24.3 Å². The summed E-state index contributed by atoms with van der Waals surface area (Å²) in [5, 5.41) is 9.98. The zero-order chi connectivity index (χ0) is 15.1. The molecule has 116 valence electrons. The van der Waals surface area contributed by atoms with Crippen LogP contribution in [-0.2, 0) is 9.47 Å². The number of ether oxygens (including phenoxy) is 3. The molecule has 1 unspecified atom stereocenters. The maximum absolute atomic E-state index is 11.3. The van der Waals surface area contributed by atoms with Crippen molar-refractivity contribution >= 4 is 5.97 Å². The fourth-order valence-corrected chi connectivity index (χ4v) is 2.25. The summed E-state index contributed by atoms with van der Waals surface area (Å²) in [5.74, 6) is 0.246. The molecule has 1 aliphatic rings. The van der Waals surface area contributed by atoms with Crippen LogP contribution in [0.5, 0.6) is 5.75 Å². The van der Waals surface area contributed by atoms with Gasteiger partial charge in [-0.05, 0) is 24.3 Å². The molecule has 1 fully saturated rings. The molecule has 1 aliphatic heterocycles. The molecule has 6 nitrogen and oxygen atoms in total. The van der Waals surface area contributed by atoms with Gasteiger partial charge in [-0.1, -0.05) is 0 Å². The highest BCUT2D eigenvalue weighted by molar-refractivity contribution is 5.89. The van der Waals surface area contributed by atoms with Crippen molar-refractivity contribution in [3.8, 4) is 5.75 Å². The second kappa shape index (κ2) is 7.97. The van der Waals surface area contributed by atoms with E-state index in [-0.39, 0.29) is 12.6 Å². The van der Waals surface area contributed by atoms with Crippen LogP contribution in [-0.4, -0.2) is 63.7 Å². The van der Waals surface area contributed by atoms with Crippen LogP contribution in [0, 0.1) is 0 Å². The van der Waals surface area contributed by atoms with Crippen molar-refractivity contribution in [2.24, 2.45) is 0 Å². The van der Waals surface area contributed by atoms with Crippen molar-refractivity contribution < 1.29 is 29.0 Å². The Morgan fingerprint density at radius 3 is 2.62 bits per heavy atom. The lowest BCUT2D eigenvalue weighted by molar-refractivity contribution is -0.911. The summed E-state index contributed by atoms with van der Waals surface area (Å²) in [5.41, 5.74) is 0.475. The normalized spacial score (nSPS) is 17.2. The first kappa shape index (κ1) is 15.8. The Morgan fingerprint density at radius 1 is 1.33 bits per heavy atom. The van der Waals surface area contributed by atoms with Crippen LogP contribution >= 0.6 is 0 Å². The molecule has 1 aromatic carbocycles. The molecule has 0 amide bonds. The number of morpholine rings is 1. The van der Waals surface area contributed by atoms with Crippen molar-refractivity contribution in [2.45, 2.75) is 6.10 Å². The molecule has 21 heavy (non-hydrogen) atoms. The lowest BCUT2D eigenvalue weighted by Gasteiger charge is -2.25. The summed E-state index contributed by atoms with van der Waals surface area (Å²) in [6, 6.07) is 6.67. The van der Waals surface area contributed by atoms with E-state index >= 15 is 0 Å². The molecule has 2 rings (SSSR count). The van der Waals surface area contributed by atoms with E-state index in [1.807, 2.05) is 0 Å². The molecule has 0 aromatic heterocycles. The fraction of sp³-hybridized carbons (Fsp3) is 0.533. The van der Waals surface area contributed by atoms with Gasteiger partial charge in [-0.25, -0.2) is 4.79 Å². The number of carbonyl (C=O) groups is 1. The van der Waals surface area contributed by atoms with Gasteiger partial charge in [0, 0.05) is 0 Å². The zero-order valence-electron chi connectivity index (χ0n) is 12.2. The Bertz CT molecular complexity index is 442. The lowest BCUT2D eigenvalue weighted by Crippen LogP contribution is -3.15. The van der Waals surface area contributed by atoms with Gasteiger partial charge < -0.3 is 24.2 Å². The summed E-state index contributed by atoms with van der Waals surface area (Å²) in [7, 11) is 1.34. The predicted octanol–water partition coefficient (Wildman–Crippen LogP) is -0.872. The number of esters is 1. The SMILES string of the molecule is COC(=O)c1ccc(OCC(O)C[NH+]2CCOCC2)cc1. The Kier molecular flexibility index (Phi) is 5.98. The summed E-state index contributed by atoms with van der Waals surface area (Å²) < 4.78 is 15.4. The fourth-order valence-electron chi connectivity index (χ4n) is 2.25. The quantitative estimate of drug-likeness (QED) is 0.668. The maximum Gasteiger partial charge on any atom is 0.337 e. The topological polar surface area (TPSA) is 69.4 Å². The van der Waals surface area contributed by atoms with Crippen molar-refractivity contribution in [2.75, 3.05) is 46.6 Å². The number of hydrogen-bond donors (Lipinski definition) is 2. The average Bonchev–Trinajstić information content (AvgIpc) is 2.53. The minimum absolute atomic E-state index is 0.238. The van der Waals surface area contributed by atoms with Crippen molar-refractivity contribution in [3.63, 3.8) is 0 Å². The third-order valence-corrected chi connectivity index (χ3v) is 3.44. The molecule has 0 aliphatic carbocycles. The molecule has 0 radical (unpaired) electrons. The lowest BCUT2D eigenvalue weighted by atomic mass is 10.2. The summed E-state index contributed by atoms with van der Waals surface area (Å²) in [4.78, 5) is 12.6. The number of rotatable bonds is 6. The summed E-state index contributed by atoms with van der Waals surface area (Å²) in [6.45, 7) is 4.23. The number of carbonyl (C=O) groups excluding carboxylic acids is 1. The first-order chi connectivity index (χ1) is 10.2. The third-order valence-electron chi connectivity index (χ3n) is 3.44. The number of quaternary nitrogens is 1.